The number of hydrogen-bond donors (Lipinski definition) is 1. The van der Waals surface area contributed by atoms with E-state index in [2.05, 4.69) is 10.3 Å². The van der Waals surface area contributed by atoms with Crippen molar-refractivity contribution in [2.45, 2.75) is 12.5 Å². The summed E-state index contributed by atoms with van der Waals surface area (Å²) in [6.07, 6.45) is 3.54. The number of nitrogens with zero attached hydrogens (tertiary/aromatic N) is 1. The molecule has 2 aromatic rings. The summed E-state index contributed by atoms with van der Waals surface area (Å²) >= 11 is 12.1. The number of aromatic nitrogens is 1. The highest BCUT2D eigenvalue weighted by Crippen LogP contribution is 2.39. The zero-order valence-corrected chi connectivity index (χ0v) is 12.5. The number of halogens is 3. The average Bonchev–Trinajstić information content (AvgIpc) is 3.11. The Labute approximate surface area is 131 Å². The fourth-order valence-corrected chi connectivity index (χ4v) is 2.98. The van der Waals surface area contributed by atoms with Crippen LogP contribution in [0.15, 0.2) is 29.0 Å². The molecule has 0 amide bonds. The normalized spacial score (nSPS) is 19.7. The molecular weight excluding hydrogens is 318 g/mol. The minimum atomic E-state index is -0.507. The van der Waals surface area contributed by atoms with Gasteiger partial charge in [0.05, 0.1) is 16.2 Å². The molecule has 112 valence electrons. The summed E-state index contributed by atoms with van der Waals surface area (Å²) in [7, 11) is 0. The molecule has 2 atom stereocenters. The molecule has 1 fully saturated rings. The van der Waals surface area contributed by atoms with Gasteiger partial charge in [-0.1, -0.05) is 23.2 Å². The molecule has 1 N–H and O–H groups in total. The van der Waals surface area contributed by atoms with Gasteiger partial charge in [0, 0.05) is 12.5 Å². The van der Waals surface area contributed by atoms with Crippen LogP contribution in [0.25, 0.3) is 0 Å². The Kier molecular flexibility index (Phi) is 4.33. The van der Waals surface area contributed by atoms with Gasteiger partial charge in [-0.2, -0.15) is 0 Å². The van der Waals surface area contributed by atoms with E-state index in [1.54, 1.807) is 6.20 Å². The van der Waals surface area contributed by atoms with Crippen molar-refractivity contribution in [3.05, 3.63) is 46.3 Å². The molecular formula is C14H13Cl2FN2O2. The fourth-order valence-electron chi connectivity index (χ4n) is 2.43. The van der Waals surface area contributed by atoms with Crippen LogP contribution in [0.5, 0.6) is 5.75 Å². The second-order valence-electron chi connectivity index (χ2n) is 4.86. The van der Waals surface area contributed by atoms with Gasteiger partial charge in [-0.3, -0.25) is 0 Å². The van der Waals surface area contributed by atoms with Gasteiger partial charge in [-0.05, 0) is 25.1 Å². The third-order valence-electron chi connectivity index (χ3n) is 3.43. The summed E-state index contributed by atoms with van der Waals surface area (Å²) in [5, 5.41) is 3.52. The molecule has 1 unspecified atom stereocenters. The molecule has 0 saturated carbocycles. The predicted molar refractivity (Wildman–Crippen MR) is 77.3 cm³/mol. The zero-order chi connectivity index (χ0) is 14.8. The van der Waals surface area contributed by atoms with Crippen molar-refractivity contribution >= 4 is 23.2 Å². The third-order valence-corrected chi connectivity index (χ3v) is 3.99. The first-order valence-corrected chi connectivity index (χ1v) is 7.32. The first-order valence-electron chi connectivity index (χ1n) is 6.56. The van der Waals surface area contributed by atoms with Crippen LogP contribution in [0.3, 0.4) is 0 Å². The van der Waals surface area contributed by atoms with Crippen LogP contribution in [-0.2, 0) is 0 Å². The molecule has 2 heterocycles. The molecule has 7 heteroatoms. The smallest absolute Gasteiger partial charge is 0.235 e. The van der Waals surface area contributed by atoms with Crippen LogP contribution in [0.1, 0.15) is 18.4 Å². The Bertz CT molecular complexity index is 592. The standard InChI is InChI=1S/C14H13Cl2FN2O2/c15-10-5-9(17)6-11(16)13(10)21-12(8-1-2-18-7-8)14-19-3-4-20-14/h3-6,8,12,18H,1-2,7H2/t8?,12-/m0/s1. The Morgan fingerprint density at radius 1 is 1.38 bits per heavy atom. The first kappa shape index (κ1) is 14.6. The van der Waals surface area contributed by atoms with Gasteiger partial charge in [0.15, 0.2) is 11.9 Å². The number of nitrogens with one attached hydrogen (secondary N) is 1. The van der Waals surface area contributed by atoms with Gasteiger partial charge in [-0.25, -0.2) is 9.37 Å². The summed E-state index contributed by atoms with van der Waals surface area (Å²) in [5.74, 6) is 0.378. The lowest BCUT2D eigenvalue weighted by Crippen LogP contribution is -2.22. The van der Waals surface area contributed by atoms with Crippen LogP contribution in [-0.4, -0.2) is 18.1 Å². The molecule has 1 saturated heterocycles. The predicted octanol–water partition coefficient (Wildman–Crippen LogP) is 3.85. The van der Waals surface area contributed by atoms with Crippen molar-refractivity contribution in [2.24, 2.45) is 5.92 Å². The lowest BCUT2D eigenvalue weighted by atomic mass is 10.0. The molecule has 0 radical (unpaired) electrons. The Morgan fingerprint density at radius 3 is 2.71 bits per heavy atom. The molecule has 3 rings (SSSR count). The molecule has 0 spiro atoms. The lowest BCUT2D eigenvalue weighted by molar-refractivity contribution is 0.114. The molecule has 21 heavy (non-hydrogen) atoms. The van der Waals surface area contributed by atoms with E-state index in [0.29, 0.717) is 5.89 Å². The van der Waals surface area contributed by atoms with E-state index in [9.17, 15) is 4.39 Å². The third kappa shape index (κ3) is 3.15. The topological polar surface area (TPSA) is 47.3 Å². The van der Waals surface area contributed by atoms with E-state index in [-0.39, 0.29) is 21.7 Å². The molecule has 0 aliphatic carbocycles. The SMILES string of the molecule is Fc1cc(Cl)c(O[C@H](c2ncco2)C2CCNC2)c(Cl)c1. The van der Waals surface area contributed by atoms with Crippen molar-refractivity contribution in [3.63, 3.8) is 0 Å². The quantitative estimate of drug-likeness (QED) is 0.924. The monoisotopic (exact) mass is 330 g/mol. The maximum absolute atomic E-state index is 13.3. The zero-order valence-electron chi connectivity index (χ0n) is 11.0. The number of benzene rings is 1. The Balaban J connectivity index is 1.91. The van der Waals surface area contributed by atoms with Crippen molar-refractivity contribution in [1.82, 2.24) is 10.3 Å². The molecule has 0 bridgehead atoms. The van der Waals surface area contributed by atoms with Crippen molar-refractivity contribution in [2.75, 3.05) is 13.1 Å². The van der Waals surface area contributed by atoms with Crippen molar-refractivity contribution in [1.29, 1.82) is 0 Å². The molecule has 1 aromatic heterocycles. The van der Waals surface area contributed by atoms with E-state index in [1.165, 1.54) is 18.4 Å². The molecule has 1 aromatic carbocycles. The summed E-state index contributed by atoms with van der Waals surface area (Å²) in [6.45, 7) is 1.68. The minimum Gasteiger partial charge on any atom is -0.477 e. The van der Waals surface area contributed by atoms with Gasteiger partial charge in [-0.15, -0.1) is 0 Å². The molecule has 4 nitrogen and oxygen atoms in total. The van der Waals surface area contributed by atoms with Gasteiger partial charge in [0.2, 0.25) is 5.89 Å². The summed E-state index contributed by atoms with van der Waals surface area (Å²) < 4.78 is 24.5. The van der Waals surface area contributed by atoms with Crippen LogP contribution < -0.4 is 10.1 Å². The second-order valence-corrected chi connectivity index (χ2v) is 5.67. The second kappa shape index (κ2) is 6.22. The maximum atomic E-state index is 13.3. The van der Waals surface area contributed by atoms with Gasteiger partial charge < -0.3 is 14.5 Å². The van der Waals surface area contributed by atoms with Crippen molar-refractivity contribution < 1.29 is 13.5 Å². The summed E-state index contributed by atoms with van der Waals surface area (Å²) in [5.41, 5.74) is 0. The number of ether oxygens (including phenoxy) is 1. The highest BCUT2D eigenvalue weighted by molar-refractivity contribution is 6.37. The maximum Gasteiger partial charge on any atom is 0.235 e. The number of rotatable bonds is 4. The van der Waals surface area contributed by atoms with E-state index in [1.807, 2.05) is 0 Å². The van der Waals surface area contributed by atoms with Crippen LogP contribution in [0, 0.1) is 11.7 Å². The fraction of sp³-hybridized carbons (Fsp3) is 0.357. The van der Waals surface area contributed by atoms with Gasteiger partial charge in [0.1, 0.15) is 12.1 Å². The highest BCUT2D eigenvalue weighted by Gasteiger charge is 2.32. The average molecular weight is 331 g/mol. The molecule has 1 aliphatic rings. The van der Waals surface area contributed by atoms with Crippen LogP contribution in [0.2, 0.25) is 10.0 Å². The van der Waals surface area contributed by atoms with E-state index in [4.69, 9.17) is 32.4 Å². The largest absolute Gasteiger partial charge is 0.477 e. The Morgan fingerprint density at radius 2 is 2.14 bits per heavy atom. The highest BCUT2D eigenvalue weighted by atomic mass is 35.5. The van der Waals surface area contributed by atoms with Crippen LogP contribution >= 0.6 is 23.2 Å². The number of hydrogen-bond acceptors (Lipinski definition) is 4. The Hall–Kier alpha value is -1.30. The first-order chi connectivity index (χ1) is 10.1. The van der Waals surface area contributed by atoms with E-state index >= 15 is 0 Å². The van der Waals surface area contributed by atoms with Crippen molar-refractivity contribution in [3.8, 4) is 5.75 Å². The van der Waals surface area contributed by atoms with Crippen LogP contribution in [0.4, 0.5) is 4.39 Å². The summed E-state index contributed by atoms with van der Waals surface area (Å²) in [4.78, 5) is 4.15. The summed E-state index contributed by atoms with van der Waals surface area (Å²) in [6, 6.07) is 2.34. The lowest BCUT2D eigenvalue weighted by Gasteiger charge is -2.22. The van der Waals surface area contributed by atoms with Gasteiger partial charge in [0.25, 0.3) is 0 Å². The van der Waals surface area contributed by atoms with E-state index in [0.717, 1.165) is 19.5 Å². The molecule has 1 aliphatic heterocycles. The van der Waals surface area contributed by atoms with Gasteiger partial charge >= 0.3 is 0 Å². The number of oxazole rings is 1. The minimum absolute atomic E-state index is 0.127. The van der Waals surface area contributed by atoms with E-state index < -0.39 is 11.9 Å².